The molecule has 172 valence electrons. The van der Waals surface area contributed by atoms with E-state index in [1.807, 2.05) is 0 Å². The Bertz CT molecular complexity index is 649. The van der Waals surface area contributed by atoms with E-state index in [0.29, 0.717) is 38.2 Å². The minimum atomic E-state index is -0.446. The lowest BCUT2D eigenvalue weighted by molar-refractivity contribution is -0.00221. The predicted octanol–water partition coefficient (Wildman–Crippen LogP) is 5.02. The highest BCUT2D eigenvalue weighted by molar-refractivity contribution is 5.43. The van der Waals surface area contributed by atoms with Gasteiger partial charge < -0.3 is 19.5 Å². The molecular formula is C26H45NO3. The molecule has 0 aromatic heterocycles. The smallest absolute Gasteiger partial charge is 0.123 e. The number of benzene rings is 1. The Hall–Kier alpha value is -1.10. The first-order valence-electron chi connectivity index (χ1n) is 11.6. The van der Waals surface area contributed by atoms with Gasteiger partial charge in [0.2, 0.25) is 0 Å². The number of likely N-dealkylation sites (tertiary alicyclic amines) is 1. The number of hydrogen-bond acceptors (Lipinski definition) is 4. The monoisotopic (exact) mass is 419 g/mol. The number of aliphatic hydroxyl groups is 1. The van der Waals surface area contributed by atoms with Gasteiger partial charge in [-0.05, 0) is 46.3 Å². The second-order valence-corrected chi connectivity index (χ2v) is 11.5. The molecule has 1 aliphatic rings. The minimum absolute atomic E-state index is 0.0103. The quantitative estimate of drug-likeness (QED) is 0.601. The van der Waals surface area contributed by atoms with Crippen LogP contribution in [0.5, 0.6) is 5.75 Å². The van der Waals surface area contributed by atoms with Crippen molar-refractivity contribution in [3.8, 4) is 5.75 Å². The van der Waals surface area contributed by atoms with Crippen LogP contribution in [0, 0.1) is 11.8 Å². The van der Waals surface area contributed by atoms with Crippen molar-refractivity contribution in [3.63, 3.8) is 0 Å². The molecule has 3 atom stereocenters. The van der Waals surface area contributed by atoms with Crippen LogP contribution in [-0.2, 0) is 15.6 Å². The molecule has 0 spiro atoms. The van der Waals surface area contributed by atoms with Crippen LogP contribution in [0.1, 0.15) is 72.9 Å². The molecule has 1 aromatic carbocycles. The summed E-state index contributed by atoms with van der Waals surface area (Å²) in [5, 5.41) is 10.3. The Morgan fingerprint density at radius 2 is 1.63 bits per heavy atom. The molecule has 0 radical (unpaired) electrons. The van der Waals surface area contributed by atoms with E-state index in [-0.39, 0.29) is 10.8 Å². The number of aliphatic hydroxyl groups excluding tert-OH is 1. The van der Waals surface area contributed by atoms with E-state index in [1.54, 1.807) is 0 Å². The number of β-amino-alcohol motifs (C(OH)–C–C–N with tert-alkyl or cyclic N) is 1. The molecule has 0 bridgehead atoms. The van der Waals surface area contributed by atoms with Gasteiger partial charge in [-0.3, -0.25) is 0 Å². The molecule has 0 amide bonds. The fourth-order valence-corrected chi connectivity index (χ4v) is 4.43. The van der Waals surface area contributed by atoms with E-state index in [4.69, 9.17) is 9.47 Å². The second kappa shape index (κ2) is 10.5. The van der Waals surface area contributed by atoms with E-state index in [0.717, 1.165) is 18.8 Å². The van der Waals surface area contributed by atoms with Crippen molar-refractivity contribution < 1.29 is 14.6 Å². The van der Waals surface area contributed by atoms with E-state index in [2.05, 4.69) is 78.5 Å². The topological polar surface area (TPSA) is 41.9 Å². The summed E-state index contributed by atoms with van der Waals surface area (Å²) in [5.74, 6) is 2.34. The lowest BCUT2D eigenvalue weighted by Crippen LogP contribution is -2.43. The zero-order chi connectivity index (χ0) is 22.5. The molecule has 1 N–H and O–H groups in total. The number of ether oxygens (including phenoxy) is 2. The molecule has 4 heteroatoms. The first kappa shape index (κ1) is 25.2. The average Bonchev–Trinajstić information content (AvgIpc) is 2.58. The number of hydrogen-bond donors (Lipinski definition) is 1. The van der Waals surface area contributed by atoms with Crippen LogP contribution in [0.2, 0.25) is 0 Å². The first-order chi connectivity index (χ1) is 13.9. The number of piperidine rings is 1. The lowest BCUT2D eigenvalue weighted by Gasteiger charge is -2.35. The van der Waals surface area contributed by atoms with Crippen molar-refractivity contribution in [1.82, 2.24) is 4.90 Å². The van der Waals surface area contributed by atoms with Crippen LogP contribution in [0.4, 0.5) is 0 Å². The maximum Gasteiger partial charge on any atom is 0.123 e. The SMILES string of the molecule is CC1CC(C)CN(CC(O)COCCOc2ccc(C(C)(C)C)cc2C(C)(C)C)C1. The van der Waals surface area contributed by atoms with Gasteiger partial charge in [-0.25, -0.2) is 0 Å². The van der Waals surface area contributed by atoms with Crippen molar-refractivity contribution in [2.75, 3.05) is 39.5 Å². The van der Waals surface area contributed by atoms with Gasteiger partial charge >= 0.3 is 0 Å². The maximum absolute atomic E-state index is 10.3. The van der Waals surface area contributed by atoms with Gasteiger partial charge in [0.25, 0.3) is 0 Å². The summed E-state index contributed by atoms with van der Waals surface area (Å²) in [6.07, 6.45) is 0.840. The summed E-state index contributed by atoms with van der Waals surface area (Å²) < 4.78 is 11.8. The normalized spacial score (nSPS) is 22.2. The zero-order valence-corrected chi connectivity index (χ0v) is 20.6. The van der Waals surface area contributed by atoms with E-state index in [1.165, 1.54) is 17.5 Å². The highest BCUT2D eigenvalue weighted by Gasteiger charge is 2.24. The van der Waals surface area contributed by atoms with E-state index in [9.17, 15) is 5.11 Å². The molecule has 4 nitrogen and oxygen atoms in total. The van der Waals surface area contributed by atoms with Crippen LogP contribution in [0.25, 0.3) is 0 Å². The standard InChI is InChI=1S/C26H45NO3/c1-19-13-20(2)16-27(15-19)17-22(28)18-29-11-12-30-24-10-9-21(25(3,4)5)14-23(24)26(6,7)8/h9-10,14,19-20,22,28H,11-13,15-18H2,1-8H3. The predicted molar refractivity (Wildman–Crippen MR) is 126 cm³/mol. The van der Waals surface area contributed by atoms with Crippen LogP contribution < -0.4 is 4.74 Å². The van der Waals surface area contributed by atoms with Gasteiger partial charge in [0.1, 0.15) is 12.4 Å². The Labute approximate surface area is 185 Å². The van der Waals surface area contributed by atoms with Crippen LogP contribution in [0.3, 0.4) is 0 Å². The first-order valence-corrected chi connectivity index (χ1v) is 11.6. The summed E-state index contributed by atoms with van der Waals surface area (Å²) in [5.41, 5.74) is 2.67. The van der Waals surface area contributed by atoms with E-state index >= 15 is 0 Å². The molecule has 1 fully saturated rings. The highest BCUT2D eigenvalue weighted by Crippen LogP contribution is 2.35. The third kappa shape index (κ3) is 7.86. The van der Waals surface area contributed by atoms with Crippen molar-refractivity contribution in [2.24, 2.45) is 11.8 Å². The van der Waals surface area contributed by atoms with Crippen molar-refractivity contribution in [2.45, 2.75) is 78.7 Å². The molecule has 3 unspecified atom stereocenters. The van der Waals surface area contributed by atoms with Gasteiger partial charge in [0.05, 0.1) is 19.3 Å². The van der Waals surface area contributed by atoms with Gasteiger partial charge in [-0.1, -0.05) is 67.5 Å². The highest BCUT2D eigenvalue weighted by atomic mass is 16.5. The molecular weight excluding hydrogens is 374 g/mol. The molecule has 1 heterocycles. The fourth-order valence-electron chi connectivity index (χ4n) is 4.43. The molecule has 1 aliphatic heterocycles. The van der Waals surface area contributed by atoms with E-state index < -0.39 is 6.10 Å². The maximum atomic E-state index is 10.3. The third-order valence-electron chi connectivity index (χ3n) is 5.86. The summed E-state index contributed by atoms with van der Waals surface area (Å²) in [4.78, 5) is 2.37. The Balaban J connectivity index is 1.80. The van der Waals surface area contributed by atoms with Gasteiger partial charge in [-0.2, -0.15) is 0 Å². The molecule has 0 aliphatic carbocycles. The minimum Gasteiger partial charge on any atom is -0.491 e. The number of rotatable bonds is 8. The molecule has 0 saturated carbocycles. The number of nitrogens with zero attached hydrogens (tertiary/aromatic N) is 1. The van der Waals surface area contributed by atoms with Crippen LogP contribution >= 0.6 is 0 Å². The fraction of sp³-hybridized carbons (Fsp3) is 0.769. The van der Waals surface area contributed by atoms with Crippen LogP contribution in [-0.4, -0.2) is 55.6 Å². The Morgan fingerprint density at radius 1 is 1.00 bits per heavy atom. The summed E-state index contributed by atoms with van der Waals surface area (Å²) in [7, 11) is 0. The lowest BCUT2D eigenvalue weighted by atomic mass is 9.80. The van der Waals surface area contributed by atoms with Crippen molar-refractivity contribution in [3.05, 3.63) is 29.3 Å². The molecule has 1 saturated heterocycles. The second-order valence-electron chi connectivity index (χ2n) is 11.5. The zero-order valence-electron chi connectivity index (χ0n) is 20.6. The molecule has 1 aromatic rings. The Kier molecular flexibility index (Phi) is 8.79. The largest absolute Gasteiger partial charge is 0.491 e. The van der Waals surface area contributed by atoms with Crippen molar-refractivity contribution in [1.29, 1.82) is 0 Å². The average molecular weight is 420 g/mol. The summed E-state index contributed by atoms with van der Waals surface area (Å²) in [6, 6.07) is 6.53. The van der Waals surface area contributed by atoms with Gasteiger partial charge in [0, 0.05) is 19.6 Å². The summed E-state index contributed by atoms with van der Waals surface area (Å²) in [6.45, 7) is 22.1. The summed E-state index contributed by atoms with van der Waals surface area (Å²) >= 11 is 0. The molecule has 30 heavy (non-hydrogen) atoms. The van der Waals surface area contributed by atoms with Gasteiger partial charge in [0.15, 0.2) is 0 Å². The molecule has 2 rings (SSSR count). The van der Waals surface area contributed by atoms with Crippen LogP contribution in [0.15, 0.2) is 18.2 Å². The van der Waals surface area contributed by atoms with Crippen molar-refractivity contribution >= 4 is 0 Å². The third-order valence-corrected chi connectivity index (χ3v) is 5.86. The Morgan fingerprint density at radius 3 is 2.20 bits per heavy atom. The van der Waals surface area contributed by atoms with Gasteiger partial charge in [-0.15, -0.1) is 0 Å².